The van der Waals surface area contributed by atoms with Crippen LogP contribution >= 0.6 is 0 Å². The normalized spacial score (nSPS) is 13.8. The van der Waals surface area contributed by atoms with Gasteiger partial charge in [0.15, 0.2) is 6.10 Å². The van der Waals surface area contributed by atoms with Crippen LogP contribution in [0.3, 0.4) is 0 Å². The first-order valence-corrected chi connectivity index (χ1v) is 5.08. The van der Waals surface area contributed by atoms with E-state index >= 15 is 0 Å². The number of hydrogen-bond acceptors (Lipinski definition) is 4. The highest BCUT2D eigenvalue weighted by Crippen LogP contribution is 2.05. The van der Waals surface area contributed by atoms with Crippen molar-refractivity contribution in [2.24, 2.45) is 0 Å². The Morgan fingerprint density at radius 2 is 1.94 bits per heavy atom. The van der Waals surface area contributed by atoms with Gasteiger partial charge < -0.3 is 19.1 Å². The lowest BCUT2D eigenvalue weighted by Crippen LogP contribution is -2.45. The molecular weight excluding hydrogens is 210 g/mol. The maximum atomic E-state index is 11.2. The van der Waals surface area contributed by atoms with Crippen molar-refractivity contribution >= 4 is 11.9 Å². The molecule has 0 spiro atoms. The molecule has 0 saturated heterocycles. The van der Waals surface area contributed by atoms with Crippen molar-refractivity contribution in [1.29, 1.82) is 0 Å². The monoisotopic (exact) mass is 229 g/mol. The van der Waals surface area contributed by atoms with Crippen molar-refractivity contribution < 1.29 is 23.9 Å². The summed E-state index contributed by atoms with van der Waals surface area (Å²) in [7, 11) is 5.68. The number of likely N-dealkylation sites (N-methyl/N-ethyl adjacent to an activating group) is 1. The van der Waals surface area contributed by atoms with Gasteiger partial charge >= 0.3 is 5.97 Å². The molecule has 0 bridgehead atoms. The molecule has 1 atom stereocenters. The van der Waals surface area contributed by atoms with Gasteiger partial charge in [-0.3, -0.25) is 0 Å². The molecule has 0 aromatic heterocycles. The Morgan fingerprint density at radius 3 is 2.31 bits per heavy atom. The van der Waals surface area contributed by atoms with Gasteiger partial charge in [-0.25, -0.2) is 4.79 Å². The van der Waals surface area contributed by atoms with Crippen molar-refractivity contribution in [2.45, 2.75) is 19.4 Å². The Kier molecular flexibility index (Phi) is 5.74. The van der Waals surface area contributed by atoms with Crippen molar-refractivity contribution in [1.82, 2.24) is 0 Å². The predicted molar refractivity (Wildman–Crippen MR) is 57.2 cm³/mol. The molecule has 0 fully saturated rings. The van der Waals surface area contributed by atoms with Crippen molar-refractivity contribution in [3.63, 3.8) is 0 Å². The molecule has 0 radical (unpaired) electrons. The number of aliphatic carboxylic acids is 1. The molecule has 0 aromatic rings. The molecular formula is C11H19NO4. The number of allylic oxidation sites excluding steroid dienone is 1. The van der Waals surface area contributed by atoms with Gasteiger partial charge in [0.05, 0.1) is 21.1 Å². The summed E-state index contributed by atoms with van der Waals surface area (Å²) in [5.41, 5.74) is 0. The summed E-state index contributed by atoms with van der Waals surface area (Å²) in [5, 5.41) is 10.5. The topological polar surface area (TPSA) is 66.4 Å². The van der Waals surface area contributed by atoms with Gasteiger partial charge in [0.1, 0.15) is 6.54 Å². The molecule has 0 N–H and O–H groups in total. The van der Waals surface area contributed by atoms with E-state index in [-0.39, 0.29) is 6.42 Å². The van der Waals surface area contributed by atoms with E-state index in [9.17, 15) is 14.7 Å². The molecule has 0 aliphatic carbocycles. The number of carboxylic acid groups (broad SMARTS) is 1. The standard InChI is InChI=1S/C11H19NO4/c1-5-6-11(15)16-9(7-10(13)14)8-12(2,3)4/h5-6,9H,7-8H2,1-4H3/b6-5+/t9-/m1/s1. The Balaban J connectivity index is 4.43. The average Bonchev–Trinajstić information content (AvgIpc) is 1.98. The van der Waals surface area contributed by atoms with Crippen LogP contribution in [0.4, 0.5) is 0 Å². The Bertz CT molecular complexity index is 278. The lowest BCUT2D eigenvalue weighted by molar-refractivity contribution is -0.873. The van der Waals surface area contributed by atoms with E-state index in [2.05, 4.69) is 0 Å². The third-order valence-electron chi connectivity index (χ3n) is 1.73. The fourth-order valence-corrected chi connectivity index (χ4v) is 1.28. The first-order chi connectivity index (χ1) is 7.24. The van der Waals surface area contributed by atoms with Crippen LogP contribution in [0, 0.1) is 0 Å². The van der Waals surface area contributed by atoms with Crippen LogP contribution in [0.15, 0.2) is 12.2 Å². The zero-order valence-corrected chi connectivity index (χ0v) is 10.2. The number of rotatable bonds is 6. The summed E-state index contributed by atoms with van der Waals surface area (Å²) < 4.78 is 5.53. The Hall–Kier alpha value is -1.36. The van der Waals surface area contributed by atoms with E-state index in [4.69, 9.17) is 4.74 Å². The zero-order valence-electron chi connectivity index (χ0n) is 10.2. The summed E-state index contributed by atoms with van der Waals surface area (Å²) in [6, 6.07) is 0. The van der Waals surface area contributed by atoms with Crippen LogP contribution < -0.4 is 5.11 Å². The van der Waals surface area contributed by atoms with Crippen LogP contribution in [0.1, 0.15) is 13.3 Å². The number of nitrogens with zero attached hydrogens (tertiary/aromatic N) is 1. The molecule has 5 nitrogen and oxygen atoms in total. The lowest BCUT2D eigenvalue weighted by atomic mass is 10.2. The van der Waals surface area contributed by atoms with Gasteiger partial charge in [-0.05, 0) is 6.92 Å². The molecule has 0 rings (SSSR count). The Labute approximate surface area is 95.9 Å². The van der Waals surface area contributed by atoms with Crippen molar-refractivity contribution in [2.75, 3.05) is 27.7 Å². The number of hydrogen-bond donors (Lipinski definition) is 0. The highest BCUT2D eigenvalue weighted by molar-refractivity contribution is 5.82. The lowest BCUT2D eigenvalue weighted by Gasteiger charge is -2.28. The number of esters is 1. The van der Waals surface area contributed by atoms with Gasteiger partial charge in [-0.1, -0.05) is 6.08 Å². The Morgan fingerprint density at radius 1 is 1.38 bits per heavy atom. The fraction of sp³-hybridized carbons (Fsp3) is 0.636. The molecule has 0 amide bonds. The molecule has 16 heavy (non-hydrogen) atoms. The van der Waals surface area contributed by atoms with Crippen molar-refractivity contribution in [3.8, 4) is 0 Å². The maximum absolute atomic E-state index is 11.2. The van der Waals surface area contributed by atoms with Crippen LogP contribution in [0.5, 0.6) is 0 Å². The second-order valence-electron chi connectivity index (χ2n) is 4.61. The van der Waals surface area contributed by atoms with Crippen LogP contribution in [-0.4, -0.2) is 50.2 Å². The first kappa shape index (κ1) is 14.6. The van der Waals surface area contributed by atoms with E-state index in [0.717, 1.165) is 0 Å². The van der Waals surface area contributed by atoms with Gasteiger partial charge in [0, 0.05) is 18.5 Å². The largest absolute Gasteiger partial charge is 0.550 e. The molecule has 5 heteroatoms. The molecule has 0 unspecified atom stereocenters. The highest BCUT2D eigenvalue weighted by atomic mass is 16.5. The average molecular weight is 229 g/mol. The molecule has 92 valence electrons. The second-order valence-corrected chi connectivity index (χ2v) is 4.61. The van der Waals surface area contributed by atoms with E-state index in [1.165, 1.54) is 6.08 Å². The number of carboxylic acids is 1. The number of carbonyl (C=O) groups excluding carboxylic acids is 2. The molecule has 0 heterocycles. The van der Waals surface area contributed by atoms with Crippen LogP contribution in [-0.2, 0) is 14.3 Å². The minimum Gasteiger partial charge on any atom is -0.550 e. The zero-order chi connectivity index (χ0) is 12.8. The molecule has 0 aromatic carbocycles. The van der Waals surface area contributed by atoms with Gasteiger partial charge in [0.25, 0.3) is 0 Å². The SMILES string of the molecule is C/C=C/C(=O)O[C@H](CC(=O)[O-])C[N+](C)(C)C. The van der Waals surface area contributed by atoms with Crippen LogP contribution in [0.2, 0.25) is 0 Å². The van der Waals surface area contributed by atoms with Gasteiger partial charge in [-0.2, -0.15) is 0 Å². The number of carbonyl (C=O) groups is 2. The summed E-state index contributed by atoms with van der Waals surface area (Å²) in [6.45, 7) is 2.12. The van der Waals surface area contributed by atoms with Gasteiger partial charge in [0.2, 0.25) is 0 Å². The summed E-state index contributed by atoms with van der Waals surface area (Å²) in [5.74, 6) is -1.74. The second kappa shape index (κ2) is 6.27. The smallest absolute Gasteiger partial charge is 0.330 e. The number of ether oxygens (including phenoxy) is 1. The third kappa shape index (κ3) is 7.99. The quantitative estimate of drug-likeness (QED) is 0.344. The van der Waals surface area contributed by atoms with E-state index in [0.29, 0.717) is 11.0 Å². The summed E-state index contributed by atoms with van der Waals surface area (Å²) >= 11 is 0. The summed E-state index contributed by atoms with van der Waals surface area (Å²) in [6.07, 6.45) is 1.87. The molecule has 0 saturated carbocycles. The van der Waals surface area contributed by atoms with Crippen LogP contribution in [0.25, 0.3) is 0 Å². The highest BCUT2D eigenvalue weighted by Gasteiger charge is 2.21. The molecule has 0 aliphatic heterocycles. The first-order valence-electron chi connectivity index (χ1n) is 5.08. The van der Waals surface area contributed by atoms with E-state index in [1.807, 2.05) is 21.1 Å². The maximum Gasteiger partial charge on any atom is 0.330 e. The van der Waals surface area contributed by atoms with E-state index < -0.39 is 18.0 Å². The fourth-order valence-electron chi connectivity index (χ4n) is 1.28. The van der Waals surface area contributed by atoms with Crippen molar-refractivity contribution in [3.05, 3.63) is 12.2 Å². The summed E-state index contributed by atoms with van der Waals surface area (Å²) in [4.78, 5) is 21.7. The number of quaternary nitrogens is 1. The van der Waals surface area contributed by atoms with Gasteiger partial charge in [-0.15, -0.1) is 0 Å². The minimum absolute atomic E-state index is 0.279. The third-order valence-corrected chi connectivity index (χ3v) is 1.73. The molecule has 0 aliphatic rings. The predicted octanol–water partition coefficient (Wildman–Crippen LogP) is -0.679. The minimum atomic E-state index is -1.22. The van der Waals surface area contributed by atoms with E-state index in [1.54, 1.807) is 13.0 Å².